The molecule has 0 amide bonds. The molecule has 1 aromatic rings. The Morgan fingerprint density at radius 3 is 2.72 bits per heavy atom. The van der Waals surface area contributed by atoms with Gasteiger partial charge in [-0.3, -0.25) is 0 Å². The Bertz CT molecular complexity index is 388. The maximum absolute atomic E-state index is 13.5. The lowest BCUT2D eigenvalue weighted by molar-refractivity contribution is 0.273. The van der Waals surface area contributed by atoms with Gasteiger partial charge in [0.05, 0.1) is 0 Å². The maximum atomic E-state index is 13.5. The summed E-state index contributed by atoms with van der Waals surface area (Å²) in [6.45, 7) is 3.03. The Kier molecular flexibility index (Phi) is 5.19. The monoisotopic (exact) mass is 313 g/mol. The van der Waals surface area contributed by atoms with Crippen molar-refractivity contribution in [1.82, 2.24) is 5.32 Å². The van der Waals surface area contributed by atoms with Gasteiger partial charge < -0.3 is 5.32 Å². The Morgan fingerprint density at radius 2 is 2.06 bits per heavy atom. The number of hydrogen-bond donors (Lipinski definition) is 1. The second kappa shape index (κ2) is 6.67. The largest absolute Gasteiger partial charge is 0.310 e. The molecule has 1 atom stereocenters. The fourth-order valence-electron chi connectivity index (χ4n) is 2.97. The average Bonchev–Trinajstić information content (AvgIpc) is 2.40. The van der Waals surface area contributed by atoms with Crippen LogP contribution in [0.3, 0.4) is 0 Å². The predicted octanol–water partition coefficient (Wildman–Crippen LogP) is 4.82. The summed E-state index contributed by atoms with van der Waals surface area (Å²) in [5, 5.41) is 3.54. The fraction of sp³-hybridized carbons (Fsp3) is 0.600. The first-order chi connectivity index (χ1) is 8.72. The van der Waals surface area contributed by atoms with Crippen LogP contribution in [0.1, 0.15) is 50.6 Å². The third kappa shape index (κ3) is 3.33. The van der Waals surface area contributed by atoms with E-state index in [9.17, 15) is 4.39 Å². The lowest BCUT2D eigenvalue weighted by Crippen LogP contribution is -2.30. The Balaban J connectivity index is 2.24. The predicted molar refractivity (Wildman–Crippen MR) is 77.1 cm³/mol. The normalized spacial score (nSPS) is 18.8. The van der Waals surface area contributed by atoms with Gasteiger partial charge in [-0.25, -0.2) is 4.39 Å². The van der Waals surface area contributed by atoms with Gasteiger partial charge in [-0.05, 0) is 49.1 Å². The Labute approximate surface area is 117 Å². The number of benzene rings is 1. The summed E-state index contributed by atoms with van der Waals surface area (Å²) >= 11 is 3.56. The first-order valence-electron chi connectivity index (χ1n) is 6.90. The average molecular weight is 314 g/mol. The molecule has 1 nitrogen and oxygen atoms in total. The van der Waals surface area contributed by atoms with Gasteiger partial charge in [0.25, 0.3) is 0 Å². The van der Waals surface area contributed by atoms with Gasteiger partial charge in [0.1, 0.15) is 5.82 Å². The van der Waals surface area contributed by atoms with E-state index < -0.39 is 0 Å². The molecule has 100 valence electrons. The molecule has 1 saturated carbocycles. The van der Waals surface area contributed by atoms with E-state index in [0.717, 1.165) is 16.6 Å². The highest BCUT2D eigenvalue weighted by molar-refractivity contribution is 9.10. The van der Waals surface area contributed by atoms with Gasteiger partial charge in [-0.2, -0.15) is 0 Å². The van der Waals surface area contributed by atoms with Crippen LogP contribution in [-0.2, 0) is 0 Å². The molecule has 1 unspecified atom stereocenters. The molecule has 0 bridgehead atoms. The molecule has 2 rings (SSSR count). The number of hydrogen-bond acceptors (Lipinski definition) is 1. The van der Waals surface area contributed by atoms with Gasteiger partial charge in [0.2, 0.25) is 0 Å². The second-order valence-corrected chi connectivity index (χ2v) is 5.95. The van der Waals surface area contributed by atoms with E-state index in [1.165, 1.54) is 38.2 Å². The van der Waals surface area contributed by atoms with E-state index in [-0.39, 0.29) is 11.9 Å². The summed E-state index contributed by atoms with van der Waals surface area (Å²) in [6, 6.07) is 5.28. The van der Waals surface area contributed by atoms with Crippen LogP contribution < -0.4 is 5.32 Å². The quantitative estimate of drug-likeness (QED) is 0.840. The van der Waals surface area contributed by atoms with Crippen molar-refractivity contribution >= 4 is 15.9 Å². The van der Waals surface area contributed by atoms with Gasteiger partial charge in [0, 0.05) is 10.5 Å². The third-order valence-electron chi connectivity index (χ3n) is 3.84. The first kappa shape index (κ1) is 14.0. The first-order valence-corrected chi connectivity index (χ1v) is 7.70. The van der Waals surface area contributed by atoms with Crippen LogP contribution in [0.15, 0.2) is 22.7 Å². The van der Waals surface area contributed by atoms with Crippen LogP contribution in [0, 0.1) is 11.7 Å². The summed E-state index contributed by atoms with van der Waals surface area (Å²) in [6.07, 6.45) is 6.46. The number of rotatable bonds is 4. The molecule has 18 heavy (non-hydrogen) atoms. The molecule has 0 aromatic heterocycles. The zero-order valence-electron chi connectivity index (χ0n) is 10.9. The minimum Gasteiger partial charge on any atom is -0.310 e. The molecule has 3 heteroatoms. The van der Waals surface area contributed by atoms with Crippen LogP contribution in [0.2, 0.25) is 0 Å². The van der Waals surface area contributed by atoms with Gasteiger partial charge in [-0.15, -0.1) is 0 Å². The highest BCUT2D eigenvalue weighted by Crippen LogP contribution is 2.37. The standard InChI is InChI=1S/C15H21BrFN/c1-2-18-15(11-6-4-3-5-7-11)13-10-12(17)8-9-14(13)16/h8-11,15,18H,2-7H2,1H3. The summed E-state index contributed by atoms with van der Waals surface area (Å²) in [7, 11) is 0. The van der Waals surface area contributed by atoms with Gasteiger partial charge in [-0.1, -0.05) is 42.1 Å². The molecule has 1 N–H and O–H groups in total. The van der Waals surface area contributed by atoms with Crippen molar-refractivity contribution in [2.24, 2.45) is 5.92 Å². The molecule has 1 fully saturated rings. The fourth-order valence-corrected chi connectivity index (χ4v) is 3.46. The van der Waals surface area contributed by atoms with Crippen molar-refractivity contribution in [3.63, 3.8) is 0 Å². The summed E-state index contributed by atoms with van der Waals surface area (Å²) in [4.78, 5) is 0. The summed E-state index contributed by atoms with van der Waals surface area (Å²) in [5.74, 6) is 0.490. The highest BCUT2D eigenvalue weighted by Gasteiger charge is 2.26. The van der Waals surface area contributed by atoms with Crippen LogP contribution in [0.5, 0.6) is 0 Å². The highest BCUT2D eigenvalue weighted by atomic mass is 79.9. The van der Waals surface area contributed by atoms with E-state index in [0.29, 0.717) is 5.92 Å². The van der Waals surface area contributed by atoms with E-state index in [1.807, 2.05) is 6.07 Å². The summed E-state index contributed by atoms with van der Waals surface area (Å²) in [5.41, 5.74) is 1.07. The molecule has 0 saturated heterocycles. The van der Waals surface area contributed by atoms with E-state index in [4.69, 9.17) is 0 Å². The Morgan fingerprint density at radius 1 is 1.33 bits per heavy atom. The van der Waals surface area contributed by atoms with Crippen molar-refractivity contribution in [2.75, 3.05) is 6.54 Å². The minimum atomic E-state index is -0.146. The lowest BCUT2D eigenvalue weighted by Gasteiger charge is -2.31. The van der Waals surface area contributed by atoms with Crippen LogP contribution in [0.25, 0.3) is 0 Å². The van der Waals surface area contributed by atoms with Crippen molar-refractivity contribution in [1.29, 1.82) is 0 Å². The van der Waals surface area contributed by atoms with Crippen molar-refractivity contribution < 1.29 is 4.39 Å². The molecule has 0 radical (unpaired) electrons. The number of halogens is 2. The van der Waals surface area contributed by atoms with Crippen molar-refractivity contribution in [2.45, 2.75) is 45.1 Å². The zero-order valence-corrected chi connectivity index (χ0v) is 12.5. The van der Waals surface area contributed by atoms with E-state index >= 15 is 0 Å². The van der Waals surface area contributed by atoms with Crippen molar-refractivity contribution in [3.8, 4) is 0 Å². The van der Waals surface area contributed by atoms with Crippen LogP contribution >= 0.6 is 15.9 Å². The SMILES string of the molecule is CCNC(c1cc(F)ccc1Br)C1CCCCC1. The second-order valence-electron chi connectivity index (χ2n) is 5.10. The molecule has 0 aliphatic heterocycles. The summed E-state index contributed by atoms with van der Waals surface area (Å²) < 4.78 is 14.5. The maximum Gasteiger partial charge on any atom is 0.123 e. The Hall–Kier alpha value is -0.410. The van der Waals surface area contributed by atoms with Gasteiger partial charge in [0.15, 0.2) is 0 Å². The molecule has 1 aliphatic carbocycles. The minimum absolute atomic E-state index is 0.146. The third-order valence-corrected chi connectivity index (χ3v) is 4.56. The smallest absolute Gasteiger partial charge is 0.123 e. The van der Waals surface area contributed by atoms with Crippen LogP contribution in [0.4, 0.5) is 4.39 Å². The van der Waals surface area contributed by atoms with E-state index in [2.05, 4.69) is 28.2 Å². The van der Waals surface area contributed by atoms with E-state index in [1.54, 1.807) is 6.07 Å². The zero-order chi connectivity index (χ0) is 13.0. The molecular weight excluding hydrogens is 293 g/mol. The topological polar surface area (TPSA) is 12.0 Å². The van der Waals surface area contributed by atoms with Crippen molar-refractivity contribution in [3.05, 3.63) is 34.1 Å². The number of nitrogens with one attached hydrogen (secondary N) is 1. The molecule has 0 heterocycles. The molecular formula is C15H21BrFN. The van der Waals surface area contributed by atoms with Crippen LogP contribution in [-0.4, -0.2) is 6.54 Å². The molecule has 1 aromatic carbocycles. The molecule has 0 spiro atoms. The lowest BCUT2D eigenvalue weighted by atomic mass is 9.81. The van der Waals surface area contributed by atoms with Gasteiger partial charge >= 0.3 is 0 Å². The molecule has 1 aliphatic rings.